The fourth-order valence-electron chi connectivity index (χ4n) is 1.18. The summed E-state index contributed by atoms with van der Waals surface area (Å²) in [6.45, 7) is 2.89. The van der Waals surface area contributed by atoms with Crippen LogP contribution in [0.2, 0.25) is 0 Å². The van der Waals surface area contributed by atoms with Crippen LogP contribution in [0.1, 0.15) is 11.1 Å². The number of nitrogens with zero attached hydrogens (tertiary/aromatic N) is 1. The Morgan fingerprint density at radius 1 is 1.46 bits per heavy atom. The highest BCUT2D eigenvalue weighted by Crippen LogP contribution is 1.97. The first-order chi connectivity index (χ1) is 6.09. The molecular weight excluding hydrogens is 164 g/mol. The maximum Gasteiger partial charge on any atom is 0.251 e. The van der Waals surface area contributed by atoms with Gasteiger partial charge in [-0.25, -0.2) is 0 Å². The molecule has 0 radical (unpaired) electrons. The van der Waals surface area contributed by atoms with E-state index in [-0.39, 0.29) is 5.56 Å². The van der Waals surface area contributed by atoms with E-state index in [2.05, 4.69) is 9.88 Å². The molecule has 1 aromatic heterocycles. The minimum Gasteiger partial charge on any atom is -0.329 e. The third kappa shape index (κ3) is 3.03. The van der Waals surface area contributed by atoms with Gasteiger partial charge in [-0.15, -0.1) is 0 Å². The van der Waals surface area contributed by atoms with Crippen molar-refractivity contribution in [1.82, 2.24) is 9.88 Å². The highest BCUT2D eigenvalue weighted by molar-refractivity contribution is 5.17. The van der Waals surface area contributed by atoms with Crippen LogP contribution in [-0.2, 0) is 6.42 Å². The van der Waals surface area contributed by atoms with Crippen molar-refractivity contribution >= 4 is 0 Å². The van der Waals surface area contributed by atoms with Crippen molar-refractivity contribution in [1.29, 1.82) is 0 Å². The average molecular weight is 180 g/mol. The van der Waals surface area contributed by atoms with E-state index in [1.54, 1.807) is 6.20 Å². The predicted octanol–water partition coefficient (Wildman–Crippen LogP) is 0.787. The molecule has 0 aliphatic rings. The summed E-state index contributed by atoms with van der Waals surface area (Å²) >= 11 is 0. The van der Waals surface area contributed by atoms with Gasteiger partial charge in [0.2, 0.25) is 0 Å². The largest absolute Gasteiger partial charge is 0.329 e. The Balaban J connectivity index is 2.76. The van der Waals surface area contributed by atoms with Crippen molar-refractivity contribution < 1.29 is 0 Å². The first kappa shape index (κ1) is 9.99. The second-order valence-corrected chi connectivity index (χ2v) is 3.58. The van der Waals surface area contributed by atoms with Gasteiger partial charge < -0.3 is 9.88 Å². The molecule has 0 fully saturated rings. The van der Waals surface area contributed by atoms with Crippen LogP contribution in [0.15, 0.2) is 17.1 Å². The van der Waals surface area contributed by atoms with Gasteiger partial charge in [-0.3, -0.25) is 4.79 Å². The molecule has 72 valence electrons. The molecule has 1 aromatic rings. The lowest BCUT2D eigenvalue weighted by atomic mass is 10.1. The molecule has 3 nitrogen and oxygen atoms in total. The summed E-state index contributed by atoms with van der Waals surface area (Å²) < 4.78 is 0. The van der Waals surface area contributed by atoms with Crippen LogP contribution >= 0.6 is 0 Å². The number of hydrogen-bond donors (Lipinski definition) is 1. The molecule has 0 amide bonds. The number of aryl methyl sites for hydroxylation is 1. The third-order valence-corrected chi connectivity index (χ3v) is 1.95. The monoisotopic (exact) mass is 180 g/mol. The van der Waals surface area contributed by atoms with Crippen LogP contribution in [0.25, 0.3) is 0 Å². The fourth-order valence-corrected chi connectivity index (χ4v) is 1.18. The van der Waals surface area contributed by atoms with Gasteiger partial charge >= 0.3 is 0 Å². The molecule has 0 aliphatic carbocycles. The van der Waals surface area contributed by atoms with Gasteiger partial charge in [0, 0.05) is 18.3 Å². The van der Waals surface area contributed by atoms with Crippen LogP contribution < -0.4 is 5.56 Å². The number of aromatic amines is 1. The van der Waals surface area contributed by atoms with E-state index in [0.717, 1.165) is 24.1 Å². The molecule has 13 heavy (non-hydrogen) atoms. The highest BCUT2D eigenvalue weighted by Gasteiger charge is 2.00. The van der Waals surface area contributed by atoms with Crippen LogP contribution in [0.5, 0.6) is 0 Å². The zero-order valence-corrected chi connectivity index (χ0v) is 8.42. The molecule has 0 aliphatic heterocycles. The first-order valence-electron chi connectivity index (χ1n) is 4.42. The van der Waals surface area contributed by atoms with E-state index >= 15 is 0 Å². The molecule has 1 N–H and O–H groups in total. The number of aromatic nitrogens is 1. The minimum atomic E-state index is 0.0347. The van der Waals surface area contributed by atoms with E-state index in [1.807, 2.05) is 27.1 Å². The Bertz CT molecular complexity index is 328. The normalized spacial score (nSPS) is 10.8. The average Bonchev–Trinajstić information content (AvgIpc) is 2.06. The number of hydrogen-bond acceptors (Lipinski definition) is 2. The molecular formula is C10H16N2O. The van der Waals surface area contributed by atoms with Gasteiger partial charge in [0.25, 0.3) is 5.56 Å². The Kier molecular flexibility index (Phi) is 3.25. The van der Waals surface area contributed by atoms with E-state index in [1.165, 1.54) is 0 Å². The van der Waals surface area contributed by atoms with Crippen LogP contribution in [0, 0.1) is 6.92 Å². The topological polar surface area (TPSA) is 36.1 Å². The lowest BCUT2D eigenvalue weighted by molar-refractivity contribution is 0.413. The minimum absolute atomic E-state index is 0.0347. The quantitative estimate of drug-likeness (QED) is 0.746. The second kappa shape index (κ2) is 4.23. The maximum atomic E-state index is 11.3. The number of nitrogens with one attached hydrogen (secondary N) is 1. The van der Waals surface area contributed by atoms with Crippen molar-refractivity contribution in [3.8, 4) is 0 Å². The molecule has 0 spiro atoms. The number of rotatable bonds is 3. The maximum absolute atomic E-state index is 11.3. The molecule has 1 heterocycles. The van der Waals surface area contributed by atoms with Crippen molar-refractivity contribution in [2.45, 2.75) is 13.3 Å². The van der Waals surface area contributed by atoms with E-state index < -0.39 is 0 Å². The zero-order chi connectivity index (χ0) is 9.84. The van der Waals surface area contributed by atoms with Gasteiger partial charge in [0.1, 0.15) is 0 Å². The molecule has 0 saturated carbocycles. The Labute approximate surface area is 78.4 Å². The van der Waals surface area contributed by atoms with Crippen molar-refractivity contribution in [2.75, 3.05) is 20.6 Å². The van der Waals surface area contributed by atoms with Gasteiger partial charge in [-0.05, 0) is 39.1 Å². The van der Waals surface area contributed by atoms with Crippen molar-refractivity contribution in [3.05, 3.63) is 33.7 Å². The van der Waals surface area contributed by atoms with Crippen LogP contribution in [0.4, 0.5) is 0 Å². The smallest absolute Gasteiger partial charge is 0.251 e. The number of likely N-dealkylation sites (N-methyl/N-ethyl adjacent to an activating group) is 1. The van der Waals surface area contributed by atoms with Gasteiger partial charge in [-0.2, -0.15) is 0 Å². The summed E-state index contributed by atoms with van der Waals surface area (Å²) in [4.78, 5) is 16.1. The lowest BCUT2D eigenvalue weighted by Crippen LogP contribution is -2.20. The third-order valence-electron chi connectivity index (χ3n) is 1.95. The Morgan fingerprint density at radius 3 is 2.77 bits per heavy atom. The van der Waals surface area contributed by atoms with Gasteiger partial charge in [0.15, 0.2) is 0 Å². The summed E-state index contributed by atoms with van der Waals surface area (Å²) in [6, 6.07) is 1.95. The second-order valence-electron chi connectivity index (χ2n) is 3.58. The Morgan fingerprint density at radius 2 is 2.15 bits per heavy atom. The SMILES string of the molecule is Cc1c[nH]c(=O)c(CCN(C)C)c1. The molecule has 0 aromatic carbocycles. The van der Waals surface area contributed by atoms with Crippen molar-refractivity contribution in [3.63, 3.8) is 0 Å². The molecule has 0 unspecified atom stereocenters. The Hall–Kier alpha value is -1.09. The summed E-state index contributed by atoms with van der Waals surface area (Å²) in [5.41, 5.74) is 2.01. The summed E-state index contributed by atoms with van der Waals surface area (Å²) in [5.74, 6) is 0. The summed E-state index contributed by atoms with van der Waals surface area (Å²) in [5, 5.41) is 0. The lowest BCUT2D eigenvalue weighted by Gasteiger charge is -2.08. The summed E-state index contributed by atoms with van der Waals surface area (Å²) in [6.07, 6.45) is 2.55. The van der Waals surface area contributed by atoms with E-state index in [0.29, 0.717) is 0 Å². The number of pyridine rings is 1. The molecule has 3 heteroatoms. The molecule has 1 rings (SSSR count). The predicted molar refractivity (Wildman–Crippen MR) is 54.1 cm³/mol. The molecule has 0 saturated heterocycles. The zero-order valence-electron chi connectivity index (χ0n) is 8.42. The van der Waals surface area contributed by atoms with Gasteiger partial charge in [-0.1, -0.05) is 0 Å². The van der Waals surface area contributed by atoms with E-state index in [4.69, 9.17) is 0 Å². The highest BCUT2D eigenvalue weighted by atomic mass is 16.1. The molecule has 0 atom stereocenters. The van der Waals surface area contributed by atoms with Crippen LogP contribution in [-0.4, -0.2) is 30.5 Å². The van der Waals surface area contributed by atoms with Crippen molar-refractivity contribution in [2.24, 2.45) is 0 Å². The summed E-state index contributed by atoms with van der Waals surface area (Å²) in [7, 11) is 4.01. The fraction of sp³-hybridized carbons (Fsp3) is 0.500. The van der Waals surface area contributed by atoms with Gasteiger partial charge in [0.05, 0.1) is 0 Å². The first-order valence-corrected chi connectivity index (χ1v) is 4.42. The molecule has 0 bridgehead atoms. The standard InChI is InChI=1S/C10H16N2O/c1-8-6-9(4-5-12(2)3)10(13)11-7-8/h6-7H,4-5H2,1-3H3,(H,11,13). The van der Waals surface area contributed by atoms with E-state index in [9.17, 15) is 4.79 Å². The van der Waals surface area contributed by atoms with Crippen LogP contribution in [0.3, 0.4) is 0 Å². The number of H-pyrrole nitrogens is 1.